The molecule has 9 heteroatoms. The molecule has 2 fully saturated rings. The van der Waals surface area contributed by atoms with E-state index in [9.17, 15) is 14.0 Å². The van der Waals surface area contributed by atoms with Gasteiger partial charge < -0.3 is 9.64 Å². The standard InChI is InChI=1S/C27H33FN4O3S/c28-22-9-4-3-8-21(22)24-18-23(25-10-5-17-36-25)29-32(24)26(33)19-31(27(34)20-6-1-2-7-20)12-11-30-13-15-35-16-14-30/h3-5,8-10,17,20,24H,1-2,6-7,11-16,18-19H2/t24-/m0/s1. The van der Waals surface area contributed by atoms with Crippen LogP contribution in [0, 0.1) is 11.7 Å². The van der Waals surface area contributed by atoms with Crippen molar-refractivity contribution in [2.75, 3.05) is 45.9 Å². The molecule has 0 spiro atoms. The van der Waals surface area contributed by atoms with Gasteiger partial charge in [0.2, 0.25) is 5.91 Å². The van der Waals surface area contributed by atoms with Gasteiger partial charge in [-0.25, -0.2) is 9.40 Å². The zero-order valence-corrected chi connectivity index (χ0v) is 21.3. The Bertz CT molecular complexity index is 1080. The summed E-state index contributed by atoms with van der Waals surface area (Å²) in [6, 6.07) is 9.94. The Hall–Kier alpha value is -2.62. The number of halogens is 1. The number of hydrazone groups is 1. The Morgan fingerprint density at radius 1 is 1.11 bits per heavy atom. The maximum absolute atomic E-state index is 14.8. The van der Waals surface area contributed by atoms with Gasteiger partial charge in [-0.3, -0.25) is 14.5 Å². The molecule has 5 rings (SSSR count). The number of nitrogens with zero attached hydrogens (tertiary/aromatic N) is 4. The van der Waals surface area contributed by atoms with Gasteiger partial charge in [0.05, 0.1) is 29.8 Å². The molecule has 0 bridgehead atoms. The number of benzene rings is 1. The van der Waals surface area contributed by atoms with E-state index in [-0.39, 0.29) is 30.1 Å². The van der Waals surface area contributed by atoms with E-state index in [0.717, 1.165) is 49.4 Å². The Balaban J connectivity index is 1.36. The molecule has 192 valence electrons. The van der Waals surface area contributed by atoms with Gasteiger partial charge in [-0.2, -0.15) is 5.10 Å². The highest BCUT2D eigenvalue weighted by molar-refractivity contribution is 7.12. The predicted octanol–water partition coefficient (Wildman–Crippen LogP) is 3.92. The van der Waals surface area contributed by atoms with Gasteiger partial charge >= 0.3 is 0 Å². The van der Waals surface area contributed by atoms with Gasteiger partial charge in [0.25, 0.3) is 5.91 Å². The Morgan fingerprint density at radius 2 is 1.89 bits per heavy atom. The summed E-state index contributed by atoms with van der Waals surface area (Å²) in [7, 11) is 0. The summed E-state index contributed by atoms with van der Waals surface area (Å²) in [5, 5.41) is 8.05. The van der Waals surface area contributed by atoms with E-state index in [4.69, 9.17) is 4.74 Å². The number of carbonyl (C=O) groups is 2. The van der Waals surface area contributed by atoms with E-state index >= 15 is 0 Å². The third kappa shape index (κ3) is 5.68. The minimum absolute atomic E-state index is 0.0198. The van der Waals surface area contributed by atoms with Crippen LogP contribution < -0.4 is 0 Å². The summed E-state index contributed by atoms with van der Waals surface area (Å²) in [5.41, 5.74) is 1.22. The first-order chi connectivity index (χ1) is 17.6. The predicted molar refractivity (Wildman–Crippen MR) is 137 cm³/mol. The van der Waals surface area contributed by atoms with Gasteiger partial charge in [0, 0.05) is 44.1 Å². The summed E-state index contributed by atoms with van der Waals surface area (Å²) in [4.78, 5) is 32.1. The lowest BCUT2D eigenvalue weighted by Gasteiger charge is -2.32. The highest BCUT2D eigenvalue weighted by Gasteiger charge is 2.37. The number of amides is 2. The average molecular weight is 513 g/mol. The Morgan fingerprint density at radius 3 is 2.61 bits per heavy atom. The lowest BCUT2D eigenvalue weighted by Crippen LogP contribution is -2.48. The van der Waals surface area contributed by atoms with Crippen LogP contribution in [0.2, 0.25) is 0 Å². The van der Waals surface area contributed by atoms with Crippen molar-refractivity contribution in [3.05, 3.63) is 58.0 Å². The van der Waals surface area contributed by atoms with Crippen LogP contribution in [0.1, 0.15) is 48.6 Å². The third-order valence-electron chi connectivity index (χ3n) is 7.37. The molecular formula is C27H33FN4O3S. The molecule has 1 atom stereocenters. The number of hydrogen-bond acceptors (Lipinski definition) is 6. The van der Waals surface area contributed by atoms with Crippen molar-refractivity contribution < 1.29 is 18.7 Å². The van der Waals surface area contributed by atoms with Crippen LogP contribution in [0.4, 0.5) is 4.39 Å². The number of thiophene rings is 1. The minimum atomic E-state index is -0.529. The summed E-state index contributed by atoms with van der Waals surface area (Å²) in [6.07, 6.45) is 4.30. The van der Waals surface area contributed by atoms with Crippen molar-refractivity contribution in [1.29, 1.82) is 0 Å². The largest absolute Gasteiger partial charge is 0.379 e. The van der Waals surface area contributed by atoms with Crippen LogP contribution in [0.3, 0.4) is 0 Å². The summed E-state index contributed by atoms with van der Waals surface area (Å²) in [5.74, 6) is -0.593. The molecule has 0 N–H and O–H groups in total. The van der Waals surface area contributed by atoms with Crippen molar-refractivity contribution in [2.45, 2.75) is 38.1 Å². The fourth-order valence-electron chi connectivity index (χ4n) is 5.34. The maximum Gasteiger partial charge on any atom is 0.262 e. The van der Waals surface area contributed by atoms with E-state index in [1.165, 1.54) is 11.1 Å². The van der Waals surface area contributed by atoms with Gasteiger partial charge in [0.1, 0.15) is 12.4 Å². The monoisotopic (exact) mass is 512 g/mol. The lowest BCUT2D eigenvalue weighted by molar-refractivity contribution is -0.144. The molecule has 1 aromatic carbocycles. The quantitative estimate of drug-likeness (QED) is 0.538. The van der Waals surface area contributed by atoms with Crippen LogP contribution in [0.15, 0.2) is 46.9 Å². The van der Waals surface area contributed by atoms with E-state index < -0.39 is 6.04 Å². The molecule has 1 saturated carbocycles. The molecule has 2 aromatic rings. The molecule has 3 heterocycles. The fraction of sp³-hybridized carbons (Fsp3) is 0.519. The molecule has 0 radical (unpaired) electrons. The van der Waals surface area contributed by atoms with E-state index in [0.29, 0.717) is 38.3 Å². The summed E-state index contributed by atoms with van der Waals surface area (Å²) >= 11 is 1.55. The molecule has 1 aromatic heterocycles. The van der Waals surface area contributed by atoms with Crippen LogP contribution in [0.5, 0.6) is 0 Å². The van der Waals surface area contributed by atoms with Crippen molar-refractivity contribution in [1.82, 2.24) is 14.8 Å². The zero-order valence-electron chi connectivity index (χ0n) is 20.5. The molecule has 0 unspecified atom stereocenters. The van der Waals surface area contributed by atoms with Crippen molar-refractivity contribution in [2.24, 2.45) is 11.0 Å². The van der Waals surface area contributed by atoms with E-state index in [2.05, 4.69) is 10.0 Å². The second kappa shape index (κ2) is 11.6. The zero-order chi connectivity index (χ0) is 24.9. The fourth-order valence-corrected chi connectivity index (χ4v) is 6.06. The number of rotatable bonds is 8. The molecule has 1 saturated heterocycles. The highest BCUT2D eigenvalue weighted by atomic mass is 32.1. The minimum Gasteiger partial charge on any atom is -0.379 e. The second-order valence-corrected chi connectivity index (χ2v) is 10.6. The summed E-state index contributed by atoms with van der Waals surface area (Å²) in [6.45, 7) is 4.18. The van der Waals surface area contributed by atoms with Crippen LogP contribution in [-0.2, 0) is 14.3 Å². The average Bonchev–Trinajstić information content (AvgIpc) is 3.68. The molecule has 3 aliphatic rings. The first-order valence-electron chi connectivity index (χ1n) is 12.9. The van der Waals surface area contributed by atoms with Crippen molar-refractivity contribution in [3.8, 4) is 0 Å². The van der Waals surface area contributed by atoms with Crippen LogP contribution in [-0.4, -0.2) is 78.3 Å². The maximum atomic E-state index is 14.8. The van der Waals surface area contributed by atoms with E-state index in [1.54, 1.807) is 34.4 Å². The van der Waals surface area contributed by atoms with Gasteiger partial charge in [-0.1, -0.05) is 37.1 Å². The van der Waals surface area contributed by atoms with Gasteiger partial charge in [-0.15, -0.1) is 11.3 Å². The topological polar surface area (TPSA) is 65.5 Å². The molecular weight excluding hydrogens is 479 g/mol. The molecule has 7 nitrogen and oxygen atoms in total. The Labute approximate surface area is 215 Å². The summed E-state index contributed by atoms with van der Waals surface area (Å²) < 4.78 is 20.2. The third-order valence-corrected chi connectivity index (χ3v) is 8.29. The number of ether oxygens (including phenoxy) is 1. The molecule has 2 aliphatic heterocycles. The second-order valence-electron chi connectivity index (χ2n) is 9.70. The molecule has 2 amide bonds. The van der Waals surface area contributed by atoms with Crippen LogP contribution in [0.25, 0.3) is 0 Å². The van der Waals surface area contributed by atoms with E-state index in [1.807, 2.05) is 17.5 Å². The number of carbonyl (C=O) groups excluding carboxylic acids is 2. The lowest BCUT2D eigenvalue weighted by atomic mass is 10.0. The SMILES string of the molecule is O=C(C1CCCC1)N(CCN1CCOCC1)CC(=O)N1N=C(c2cccs2)C[C@H]1c1ccccc1F. The first kappa shape index (κ1) is 25.0. The highest BCUT2D eigenvalue weighted by Crippen LogP contribution is 2.35. The molecule has 1 aliphatic carbocycles. The van der Waals surface area contributed by atoms with Crippen LogP contribution >= 0.6 is 11.3 Å². The molecule has 36 heavy (non-hydrogen) atoms. The smallest absolute Gasteiger partial charge is 0.262 e. The van der Waals surface area contributed by atoms with Gasteiger partial charge in [0.15, 0.2) is 0 Å². The van der Waals surface area contributed by atoms with Crippen molar-refractivity contribution in [3.63, 3.8) is 0 Å². The van der Waals surface area contributed by atoms with Crippen molar-refractivity contribution >= 4 is 28.9 Å². The number of hydrogen-bond donors (Lipinski definition) is 0. The normalized spacial score (nSPS) is 21.1. The Kier molecular flexibility index (Phi) is 8.09. The first-order valence-corrected chi connectivity index (χ1v) is 13.7. The number of morpholine rings is 1. The van der Waals surface area contributed by atoms with Gasteiger partial charge in [-0.05, 0) is 30.4 Å².